The van der Waals surface area contributed by atoms with Crippen molar-refractivity contribution in [2.24, 2.45) is 0 Å². The van der Waals surface area contributed by atoms with E-state index in [1.54, 1.807) is 0 Å². The summed E-state index contributed by atoms with van der Waals surface area (Å²) in [6.45, 7) is 4.37. The van der Waals surface area contributed by atoms with E-state index < -0.39 is 0 Å². The molecular weight excluding hydrogens is 110 g/mol. The van der Waals surface area contributed by atoms with E-state index in [0.29, 0.717) is 0 Å². The summed E-state index contributed by atoms with van der Waals surface area (Å²) in [7, 11) is 1.94. The van der Waals surface area contributed by atoms with E-state index in [4.69, 9.17) is 0 Å². The van der Waals surface area contributed by atoms with Crippen LogP contribution in [0.1, 0.15) is 33.1 Å². The summed E-state index contributed by atoms with van der Waals surface area (Å²) in [6.07, 6.45) is 5.89. The van der Waals surface area contributed by atoms with Crippen molar-refractivity contribution in [1.82, 2.24) is 5.32 Å². The molecule has 0 fully saturated rings. The minimum Gasteiger partial charge on any atom is -0.394 e. The number of allylic oxidation sites excluding steroid dienone is 1. The summed E-state index contributed by atoms with van der Waals surface area (Å²) in [5.41, 5.74) is 1.44. The standard InChI is InChI=1S/C8H17N/c1-4-5-6-8(2)7-9-3/h7,9H,4-6H2,1-3H3/b8-7+. The SMILES string of the molecule is CCCC/C(C)=C/NC. The van der Waals surface area contributed by atoms with Crippen molar-refractivity contribution in [2.75, 3.05) is 7.05 Å². The van der Waals surface area contributed by atoms with Gasteiger partial charge in [-0.3, -0.25) is 0 Å². The zero-order valence-corrected chi connectivity index (χ0v) is 6.70. The average Bonchev–Trinajstić information content (AvgIpc) is 1.85. The molecule has 1 N–H and O–H groups in total. The molecule has 0 radical (unpaired) electrons. The van der Waals surface area contributed by atoms with Gasteiger partial charge in [0.15, 0.2) is 0 Å². The first-order valence-electron chi connectivity index (χ1n) is 3.64. The molecule has 0 bridgehead atoms. The predicted octanol–water partition coefficient (Wildman–Crippen LogP) is 2.30. The predicted molar refractivity (Wildman–Crippen MR) is 42.3 cm³/mol. The molecule has 1 heteroatoms. The van der Waals surface area contributed by atoms with Crippen LogP contribution in [-0.4, -0.2) is 7.05 Å². The Morgan fingerprint density at radius 3 is 2.67 bits per heavy atom. The topological polar surface area (TPSA) is 12.0 Å². The highest BCUT2D eigenvalue weighted by Gasteiger charge is 1.85. The lowest BCUT2D eigenvalue weighted by atomic mass is 10.1. The van der Waals surface area contributed by atoms with Crippen molar-refractivity contribution >= 4 is 0 Å². The van der Waals surface area contributed by atoms with E-state index in [-0.39, 0.29) is 0 Å². The first-order chi connectivity index (χ1) is 4.31. The highest BCUT2D eigenvalue weighted by atomic mass is 14.8. The second-order valence-corrected chi connectivity index (χ2v) is 2.38. The summed E-state index contributed by atoms with van der Waals surface area (Å²) < 4.78 is 0. The molecule has 9 heavy (non-hydrogen) atoms. The fraction of sp³-hybridized carbons (Fsp3) is 0.750. The molecule has 0 aliphatic carbocycles. The fourth-order valence-corrected chi connectivity index (χ4v) is 0.774. The molecule has 0 unspecified atom stereocenters. The van der Waals surface area contributed by atoms with Crippen LogP contribution in [-0.2, 0) is 0 Å². The molecule has 1 nitrogen and oxygen atoms in total. The van der Waals surface area contributed by atoms with Crippen LogP contribution >= 0.6 is 0 Å². The van der Waals surface area contributed by atoms with Crippen molar-refractivity contribution in [3.63, 3.8) is 0 Å². The zero-order valence-electron chi connectivity index (χ0n) is 6.70. The lowest BCUT2D eigenvalue weighted by Gasteiger charge is -1.97. The van der Waals surface area contributed by atoms with Gasteiger partial charge in [-0.1, -0.05) is 18.9 Å². The third-order valence-corrected chi connectivity index (χ3v) is 1.32. The minimum atomic E-state index is 1.23. The molecule has 0 saturated carbocycles. The smallest absolute Gasteiger partial charge is 0.00276 e. The second kappa shape index (κ2) is 5.67. The maximum absolute atomic E-state index is 3.01. The van der Waals surface area contributed by atoms with Gasteiger partial charge in [0.25, 0.3) is 0 Å². The van der Waals surface area contributed by atoms with E-state index in [2.05, 4.69) is 25.4 Å². The van der Waals surface area contributed by atoms with Crippen LogP contribution in [0.15, 0.2) is 11.8 Å². The summed E-state index contributed by atoms with van der Waals surface area (Å²) in [4.78, 5) is 0. The Kier molecular flexibility index (Phi) is 5.38. The molecule has 0 saturated heterocycles. The Balaban J connectivity index is 3.25. The Hall–Kier alpha value is -0.460. The lowest BCUT2D eigenvalue weighted by molar-refractivity contribution is 0.781. The molecule has 0 aromatic carbocycles. The molecule has 0 aliphatic heterocycles. The van der Waals surface area contributed by atoms with Crippen molar-refractivity contribution in [1.29, 1.82) is 0 Å². The number of hydrogen-bond donors (Lipinski definition) is 1. The number of unbranched alkanes of at least 4 members (excludes halogenated alkanes) is 1. The van der Waals surface area contributed by atoms with E-state index in [1.807, 2.05) is 7.05 Å². The average molecular weight is 127 g/mol. The van der Waals surface area contributed by atoms with Crippen LogP contribution < -0.4 is 5.32 Å². The van der Waals surface area contributed by atoms with E-state index in [1.165, 1.54) is 24.8 Å². The second-order valence-electron chi connectivity index (χ2n) is 2.38. The van der Waals surface area contributed by atoms with Gasteiger partial charge < -0.3 is 5.32 Å². The van der Waals surface area contributed by atoms with Gasteiger partial charge in [-0.05, 0) is 26.0 Å². The summed E-state index contributed by atoms with van der Waals surface area (Å²) in [6, 6.07) is 0. The van der Waals surface area contributed by atoms with Crippen LogP contribution in [0.3, 0.4) is 0 Å². The molecule has 0 aliphatic rings. The monoisotopic (exact) mass is 127 g/mol. The molecule has 0 aromatic heterocycles. The molecule has 0 amide bonds. The molecule has 0 aromatic rings. The van der Waals surface area contributed by atoms with Crippen LogP contribution in [0.25, 0.3) is 0 Å². The van der Waals surface area contributed by atoms with E-state index in [0.717, 1.165) is 0 Å². The molecule has 0 heterocycles. The number of rotatable bonds is 4. The number of nitrogens with one attached hydrogen (secondary N) is 1. The van der Waals surface area contributed by atoms with Gasteiger partial charge in [0.1, 0.15) is 0 Å². The largest absolute Gasteiger partial charge is 0.394 e. The van der Waals surface area contributed by atoms with Crippen LogP contribution in [0.2, 0.25) is 0 Å². The Bertz CT molecular complexity index is 84.6. The van der Waals surface area contributed by atoms with Gasteiger partial charge in [0.2, 0.25) is 0 Å². The van der Waals surface area contributed by atoms with Crippen molar-refractivity contribution in [3.05, 3.63) is 11.8 Å². The van der Waals surface area contributed by atoms with Crippen molar-refractivity contribution in [3.8, 4) is 0 Å². The Morgan fingerprint density at radius 2 is 2.22 bits per heavy atom. The van der Waals surface area contributed by atoms with E-state index >= 15 is 0 Å². The fourth-order valence-electron chi connectivity index (χ4n) is 0.774. The normalized spacial score (nSPS) is 11.7. The zero-order chi connectivity index (χ0) is 7.11. The van der Waals surface area contributed by atoms with E-state index in [9.17, 15) is 0 Å². The third-order valence-electron chi connectivity index (χ3n) is 1.32. The van der Waals surface area contributed by atoms with Crippen LogP contribution in [0.5, 0.6) is 0 Å². The van der Waals surface area contributed by atoms with Gasteiger partial charge in [0, 0.05) is 7.05 Å². The van der Waals surface area contributed by atoms with Crippen LogP contribution in [0, 0.1) is 0 Å². The first-order valence-corrected chi connectivity index (χ1v) is 3.64. The quantitative estimate of drug-likeness (QED) is 0.611. The lowest BCUT2D eigenvalue weighted by Crippen LogP contribution is -1.94. The number of hydrogen-bond acceptors (Lipinski definition) is 1. The summed E-state index contributed by atoms with van der Waals surface area (Å²) in [5, 5.41) is 3.01. The Morgan fingerprint density at radius 1 is 1.56 bits per heavy atom. The highest BCUT2D eigenvalue weighted by Crippen LogP contribution is 2.03. The summed E-state index contributed by atoms with van der Waals surface area (Å²) >= 11 is 0. The van der Waals surface area contributed by atoms with Crippen LogP contribution in [0.4, 0.5) is 0 Å². The van der Waals surface area contributed by atoms with Crippen molar-refractivity contribution in [2.45, 2.75) is 33.1 Å². The van der Waals surface area contributed by atoms with Gasteiger partial charge in [0.05, 0.1) is 0 Å². The van der Waals surface area contributed by atoms with Gasteiger partial charge >= 0.3 is 0 Å². The third kappa shape index (κ3) is 5.41. The molecular formula is C8H17N. The van der Waals surface area contributed by atoms with Crippen molar-refractivity contribution < 1.29 is 0 Å². The maximum atomic E-state index is 3.01. The molecule has 0 rings (SSSR count). The van der Waals surface area contributed by atoms with Gasteiger partial charge in [-0.25, -0.2) is 0 Å². The molecule has 54 valence electrons. The first kappa shape index (κ1) is 8.54. The van der Waals surface area contributed by atoms with Gasteiger partial charge in [-0.15, -0.1) is 0 Å². The van der Waals surface area contributed by atoms with Gasteiger partial charge in [-0.2, -0.15) is 0 Å². The molecule has 0 atom stereocenters. The summed E-state index contributed by atoms with van der Waals surface area (Å²) in [5.74, 6) is 0. The molecule has 0 spiro atoms. The Labute approximate surface area is 58.2 Å². The highest BCUT2D eigenvalue weighted by molar-refractivity contribution is 4.95. The maximum Gasteiger partial charge on any atom is 0.00276 e. The minimum absolute atomic E-state index is 1.23.